The molecule has 4 aliphatic rings. The van der Waals surface area contributed by atoms with Crippen molar-refractivity contribution in [1.29, 1.82) is 0 Å². The highest BCUT2D eigenvalue weighted by Gasteiger charge is 2.70. The third-order valence-corrected chi connectivity index (χ3v) is 11.6. The molecule has 2 saturated carbocycles. The predicted octanol–water partition coefficient (Wildman–Crippen LogP) is 4.13. The van der Waals surface area contributed by atoms with Gasteiger partial charge < -0.3 is 15.3 Å². The van der Waals surface area contributed by atoms with E-state index in [1.807, 2.05) is 34.6 Å². The lowest BCUT2D eigenvalue weighted by Gasteiger charge is -2.61. The summed E-state index contributed by atoms with van der Waals surface area (Å²) in [6, 6.07) is 0. The Labute approximate surface area is 220 Å². The summed E-state index contributed by atoms with van der Waals surface area (Å²) in [5.74, 6) is -2.17. The molecule has 4 aliphatic carbocycles. The first-order valence-corrected chi connectivity index (χ1v) is 13.8. The van der Waals surface area contributed by atoms with Gasteiger partial charge in [0.2, 0.25) is 0 Å². The molecule has 0 saturated heterocycles. The fraction of sp³-hybridized carbons (Fsp3) is 0.800. The number of ketones is 3. The molecule has 9 atom stereocenters. The third kappa shape index (κ3) is 3.82. The van der Waals surface area contributed by atoms with E-state index in [1.165, 1.54) is 6.92 Å². The van der Waals surface area contributed by atoms with Crippen molar-refractivity contribution in [3.63, 3.8) is 0 Å². The van der Waals surface area contributed by atoms with Gasteiger partial charge in [0, 0.05) is 47.5 Å². The van der Waals surface area contributed by atoms with Crippen LogP contribution in [0.4, 0.5) is 0 Å². The van der Waals surface area contributed by atoms with Crippen LogP contribution >= 0.6 is 0 Å². The van der Waals surface area contributed by atoms with Gasteiger partial charge in [0.25, 0.3) is 0 Å². The van der Waals surface area contributed by atoms with Crippen molar-refractivity contribution < 1.29 is 34.5 Å². The fourth-order valence-corrected chi connectivity index (χ4v) is 9.20. The molecular weight excluding hydrogens is 472 g/mol. The smallest absolute Gasteiger partial charge is 0.306 e. The van der Waals surface area contributed by atoms with Crippen molar-refractivity contribution in [3.05, 3.63) is 11.1 Å². The molecular formula is C30H44O7. The second kappa shape index (κ2) is 8.84. The number of hydrogen-bond acceptors (Lipinski definition) is 6. The molecule has 0 aromatic heterocycles. The van der Waals surface area contributed by atoms with E-state index in [2.05, 4.69) is 6.92 Å². The second-order valence-electron chi connectivity index (χ2n) is 13.9. The van der Waals surface area contributed by atoms with Crippen LogP contribution in [0.1, 0.15) is 93.4 Å². The maximum Gasteiger partial charge on any atom is 0.306 e. The van der Waals surface area contributed by atoms with Crippen LogP contribution < -0.4 is 0 Å². The summed E-state index contributed by atoms with van der Waals surface area (Å²) < 4.78 is 0. The van der Waals surface area contributed by atoms with Gasteiger partial charge in [-0.2, -0.15) is 0 Å². The minimum Gasteiger partial charge on any atom is -0.481 e. The molecule has 0 aromatic rings. The summed E-state index contributed by atoms with van der Waals surface area (Å²) in [6.45, 7) is 13.4. The standard InChI is InChI=1S/C30H44O7/c1-15(10-17(31)11-16(2)26(36)37)18-12-23(35)30(7)25-19(32)13-21-27(3,4)22(34)8-9-28(21,5)24(25)20(33)14-29(18,30)6/h15-16,18-19,21,23,32,35H,8-14H2,1-7H3,(H,36,37)/t15?,16?,18-,19?,21+,23?,28+,29-,30+/m1/s1. The Morgan fingerprint density at radius 1 is 1.00 bits per heavy atom. The van der Waals surface area contributed by atoms with Crippen molar-refractivity contribution in [1.82, 2.24) is 0 Å². The molecule has 0 bridgehead atoms. The first-order valence-electron chi connectivity index (χ1n) is 13.8. The molecule has 0 radical (unpaired) electrons. The molecule has 3 N–H and O–H groups in total. The number of Topliss-reactive ketones (excluding diaryl/α,β-unsaturated/α-hetero) is 3. The van der Waals surface area contributed by atoms with E-state index in [0.717, 1.165) is 0 Å². The van der Waals surface area contributed by atoms with E-state index >= 15 is 0 Å². The molecule has 4 unspecified atom stereocenters. The van der Waals surface area contributed by atoms with Crippen LogP contribution in [0.5, 0.6) is 0 Å². The Hall–Kier alpha value is -1.86. The lowest BCUT2D eigenvalue weighted by atomic mass is 9.42. The van der Waals surface area contributed by atoms with Crippen molar-refractivity contribution in [2.24, 2.45) is 45.3 Å². The molecule has 7 nitrogen and oxygen atoms in total. The van der Waals surface area contributed by atoms with Gasteiger partial charge >= 0.3 is 5.97 Å². The summed E-state index contributed by atoms with van der Waals surface area (Å²) in [5, 5.41) is 32.4. The normalized spacial score (nSPS) is 42.5. The Morgan fingerprint density at radius 3 is 2.22 bits per heavy atom. The van der Waals surface area contributed by atoms with Gasteiger partial charge in [-0.1, -0.05) is 48.5 Å². The molecule has 2 fully saturated rings. The highest BCUT2D eigenvalue weighted by Crippen LogP contribution is 2.71. The highest BCUT2D eigenvalue weighted by molar-refractivity contribution is 6.01. The van der Waals surface area contributed by atoms with Gasteiger partial charge in [-0.3, -0.25) is 19.2 Å². The summed E-state index contributed by atoms with van der Waals surface area (Å²) in [5.41, 5.74) is -1.40. The Bertz CT molecular complexity index is 1070. The van der Waals surface area contributed by atoms with Crippen molar-refractivity contribution in [2.75, 3.05) is 0 Å². The van der Waals surface area contributed by atoms with E-state index in [1.54, 1.807) is 0 Å². The zero-order valence-electron chi connectivity index (χ0n) is 23.4. The number of fused-ring (bicyclic) bond motifs is 4. The molecule has 37 heavy (non-hydrogen) atoms. The number of carboxylic acid groups (broad SMARTS) is 1. The van der Waals surface area contributed by atoms with Crippen LogP contribution in [-0.4, -0.2) is 50.8 Å². The number of aliphatic hydroxyl groups excluding tert-OH is 2. The molecule has 0 aliphatic heterocycles. The van der Waals surface area contributed by atoms with Crippen LogP contribution in [0.25, 0.3) is 0 Å². The van der Waals surface area contributed by atoms with Gasteiger partial charge in [-0.15, -0.1) is 0 Å². The van der Waals surface area contributed by atoms with Gasteiger partial charge in [-0.25, -0.2) is 0 Å². The summed E-state index contributed by atoms with van der Waals surface area (Å²) in [6.07, 6.45) is 0.421. The average Bonchev–Trinajstić information content (AvgIpc) is 2.99. The van der Waals surface area contributed by atoms with E-state index < -0.39 is 45.8 Å². The van der Waals surface area contributed by atoms with Crippen LogP contribution in [-0.2, 0) is 19.2 Å². The Balaban J connectivity index is 1.74. The van der Waals surface area contributed by atoms with Gasteiger partial charge in [-0.05, 0) is 48.0 Å². The minimum atomic E-state index is -1.00. The highest BCUT2D eigenvalue weighted by atomic mass is 16.4. The summed E-state index contributed by atoms with van der Waals surface area (Å²) in [4.78, 5) is 50.8. The number of allylic oxidation sites excluding steroid dienone is 1. The first kappa shape index (κ1) is 28.2. The molecule has 0 aromatic carbocycles. The Morgan fingerprint density at radius 2 is 1.62 bits per heavy atom. The zero-order chi connectivity index (χ0) is 27.9. The number of carbonyl (C=O) groups excluding carboxylic acids is 3. The third-order valence-electron chi connectivity index (χ3n) is 11.6. The van der Waals surface area contributed by atoms with Crippen LogP contribution in [0.15, 0.2) is 11.1 Å². The minimum absolute atomic E-state index is 0.0106. The topological polar surface area (TPSA) is 129 Å². The van der Waals surface area contributed by atoms with Crippen LogP contribution in [0.2, 0.25) is 0 Å². The van der Waals surface area contributed by atoms with E-state index in [-0.39, 0.29) is 54.4 Å². The van der Waals surface area contributed by atoms with E-state index in [0.29, 0.717) is 36.8 Å². The van der Waals surface area contributed by atoms with Crippen molar-refractivity contribution >= 4 is 23.3 Å². The maximum absolute atomic E-state index is 14.1. The number of aliphatic carboxylic acids is 1. The first-order chi connectivity index (χ1) is 16.9. The number of carbonyl (C=O) groups is 4. The number of aliphatic hydroxyl groups is 2. The van der Waals surface area contributed by atoms with E-state index in [4.69, 9.17) is 0 Å². The molecule has 4 rings (SSSR count). The quantitative estimate of drug-likeness (QED) is 0.484. The predicted molar refractivity (Wildman–Crippen MR) is 137 cm³/mol. The number of carboxylic acids is 1. The van der Waals surface area contributed by atoms with Gasteiger partial charge in [0.1, 0.15) is 11.6 Å². The lowest BCUT2D eigenvalue weighted by Crippen LogP contribution is -2.60. The van der Waals surface area contributed by atoms with Crippen LogP contribution in [0, 0.1) is 45.3 Å². The fourth-order valence-electron chi connectivity index (χ4n) is 9.20. The van der Waals surface area contributed by atoms with E-state index in [9.17, 15) is 34.5 Å². The SMILES string of the molecule is CC(CC(=O)CC(C)[C@H]1CC(O)[C@@]2(C)C3=C(C(=O)C[C@]12C)[C@@]1(C)CCC(=O)C(C)(C)[C@@H]1CC3O)C(=O)O. The summed E-state index contributed by atoms with van der Waals surface area (Å²) in [7, 11) is 0. The van der Waals surface area contributed by atoms with Crippen molar-refractivity contribution in [2.45, 2.75) is 106 Å². The molecule has 0 heterocycles. The zero-order valence-corrected chi connectivity index (χ0v) is 23.4. The largest absolute Gasteiger partial charge is 0.481 e. The lowest BCUT2D eigenvalue weighted by molar-refractivity contribution is -0.146. The molecule has 7 heteroatoms. The van der Waals surface area contributed by atoms with Gasteiger partial charge in [0.05, 0.1) is 18.1 Å². The van der Waals surface area contributed by atoms with Gasteiger partial charge in [0.15, 0.2) is 5.78 Å². The molecule has 0 spiro atoms. The summed E-state index contributed by atoms with van der Waals surface area (Å²) >= 11 is 0. The average molecular weight is 517 g/mol. The molecule has 0 amide bonds. The number of hydrogen-bond donors (Lipinski definition) is 3. The molecule has 206 valence electrons. The van der Waals surface area contributed by atoms with Crippen LogP contribution in [0.3, 0.4) is 0 Å². The monoisotopic (exact) mass is 516 g/mol. The maximum atomic E-state index is 14.1. The number of rotatable bonds is 6. The van der Waals surface area contributed by atoms with Crippen molar-refractivity contribution in [3.8, 4) is 0 Å². The Kier molecular flexibility index (Phi) is 6.72. The second-order valence-corrected chi connectivity index (χ2v) is 13.9.